The van der Waals surface area contributed by atoms with Crippen molar-refractivity contribution in [3.63, 3.8) is 0 Å². The first kappa shape index (κ1) is 15.3. The maximum absolute atomic E-state index is 12.1. The molecule has 0 unspecified atom stereocenters. The SMILES string of the molecule is CCCC(CCC)NC(=O)c1ccc(OC)cc1O. The molecule has 0 spiro atoms. The van der Waals surface area contributed by atoms with Gasteiger partial charge >= 0.3 is 0 Å². The smallest absolute Gasteiger partial charge is 0.255 e. The third kappa shape index (κ3) is 4.47. The summed E-state index contributed by atoms with van der Waals surface area (Å²) in [7, 11) is 1.52. The third-order valence-corrected chi connectivity index (χ3v) is 3.06. The van der Waals surface area contributed by atoms with Crippen molar-refractivity contribution >= 4 is 5.91 Å². The first-order chi connectivity index (χ1) is 9.12. The lowest BCUT2D eigenvalue weighted by molar-refractivity contribution is 0.0930. The van der Waals surface area contributed by atoms with Crippen LogP contribution in [0.15, 0.2) is 18.2 Å². The number of hydrogen-bond donors (Lipinski definition) is 2. The molecule has 0 heterocycles. The van der Waals surface area contributed by atoms with Gasteiger partial charge in [0, 0.05) is 12.1 Å². The van der Waals surface area contributed by atoms with E-state index in [0.717, 1.165) is 25.7 Å². The number of ether oxygens (including phenoxy) is 1. The van der Waals surface area contributed by atoms with Crippen molar-refractivity contribution in [2.75, 3.05) is 7.11 Å². The van der Waals surface area contributed by atoms with Gasteiger partial charge in [-0.1, -0.05) is 26.7 Å². The van der Waals surface area contributed by atoms with Gasteiger partial charge in [0.15, 0.2) is 0 Å². The zero-order chi connectivity index (χ0) is 14.3. The molecular formula is C15H23NO3. The largest absolute Gasteiger partial charge is 0.507 e. The fourth-order valence-electron chi connectivity index (χ4n) is 2.08. The second-order valence-corrected chi connectivity index (χ2v) is 4.63. The lowest BCUT2D eigenvalue weighted by Gasteiger charge is -2.17. The van der Waals surface area contributed by atoms with Crippen LogP contribution < -0.4 is 10.1 Å². The van der Waals surface area contributed by atoms with Gasteiger partial charge in [-0.05, 0) is 25.0 Å². The summed E-state index contributed by atoms with van der Waals surface area (Å²) in [6.45, 7) is 4.19. The van der Waals surface area contributed by atoms with Crippen LogP contribution in [0.3, 0.4) is 0 Å². The highest BCUT2D eigenvalue weighted by molar-refractivity contribution is 5.97. The van der Waals surface area contributed by atoms with Gasteiger partial charge in [0.25, 0.3) is 5.91 Å². The minimum absolute atomic E-state index is 0.0522. The minimum Gasteiger partial charge on any atom is -0.507 e. The van der Waals surface area contributed by atoms with Crippen LogP contribution in [0.4, 0.5) is 0 Å². The Morgan fingerprint density at radius 1 is 1.32 bits per heavy atom. The fraction of sp³-hybridized carbons (Fsp3) is 0.533. The Kier molecular flexibility index (Phi) is 6.19. The number of benzene rings is 1. The van der Waals surface area contributed by atoms with Gasteiger partial charge in [-0.15, -0.1) is 0 Å². The van der Waals surface area contributed by atoms with Gasteiger partial charge in [-0.25, -0.2) is 0 Å². The summed E-state index contributed by atoms with van der Waals surface area (Å²) >= 11 is 0. The Bertz CT molecular complexity index is 412. The van der Waals surface area contributed by atoms with E-state index in [1.807, 2.05) is 0 Å². The first-order valence-corrected chi connectivity index (χ1v) is 6.80. The van der Waals surface area contributed by atoms with E-state index in [2.05, 4.69) is 19.2 Å². The van der Waals surface area contributed by atoms with Crippen LogP contribution in [-0.4, -0.2) is 24.2 Å². The number of hydrogen-bond acceptors (Lipinski definition) is 3. The Morgan fingerprint density at radius 2 is 1.95 bits per heavy atom. The molecule has 0 aromatic heterocycles. The lowest BCUT2D eigenvalue weighted by atomic mass is 10.1. The van der Waals surface area contributed by atoms with Crippen molar-refractivity contribution in [3.8, 4) is 11.5 Å². The van der Waals surface area contributed by atoms with Crippen LogP contribution in [0.2, 0.25) is 0 Å². The number of carbonyl (C=O) groups is 1. The number of carbonyl (C=O) groups excluding carboxylic acids is 1. The molecule has 106 valence electrons. The quantitative estimate of drug-likeness (QED) is 0.796. The van der Waals surface area contributed by atoms with Gasteiger partial charge in [0.1, 0.15) is 11.5 Å². The summed E-state index contributed by atoms with van der Waals surface area (Å²) in [5.41, 5.74) is 0.290. The molecule has 0 atom stereocenters. The number of rotatable bonds is 7. The second kappa shape index (κ2) is 7.67. The summed E-state index contributed by atoms with van der Waals surface area (Å²) in [4.78, 5) is 12.1. The molecule has 0 radical (unpaired) electrons. The molecule has 0 saturated heterocycles. The molecule has 2 N–H and O–H groups in total. The topological polar surface area (TPSA) is 58.6 Å². The molecule has 0 aliphatic carbocycles. The van der Waals surface area contributed by atoms with E-state index in [4.69, 9.17) is 4.74 Å². The summed E-state index contributed by atoms with van der Waals surface area (Å²) in [5.74, 6) is 0.253. The molecule has 0 aliphatic heterocycles. The Labute approximate surface area is 114 Å². The molecule has 1 aromatic carbocycles. The molecule has 0 saturated carbocycles. The van der Waals surface area contributed by atoms with Gasteiger partial charge in [0.05, 0.1) is 12.7 Å². The fourth-order valence-corrected chi connectivity index (χ4v) is 2.08. The summed E-state index contributed by atoms with van der Waals surface area (Å²) in [5, 5.41) is 12.8. The molecule has 0 aliphatic rings. The van der Waals surface area contributed by atoms with Gasteiger partial charge < -0.3 is 15.2 Å². The highest BCUT2D eigenvalue weighted by Gasteiger charge is 2.15. The molecule has 1 amide bonds. The summed E-state index contributed by atoms with van der Waals surface area (Å²) in [6, 6.07) is 4.87. The van der Waals surface area contributed by atoms with E-state index in [1.165, 1.54) is 13.2 Å². The lowest BCUT2D eigenvalue weighted by Crippen LogP contribution is -2.34. The molecule has 1 rings (SSSR count). The van der Waals surface area contributed by atoms with Crippen LogP contribution in [0.1, 0.15) is 49.9 Å². The van der Waals surface area contributed by atoms with Crippen molar-refractivity contribution in [2.24, 2.45) is 0 Å². The first-order valence-electron chi connectivity index (χ1n) is 6.80. The Hall–Kier alpha value is -1.71. The van der Waals surface area contributed by atoms with Crippen molar-refractivity contribution in [1.82, 2.24) is 5.32 Å². The van der Waals surface area contributed by atoms with Gasteiger partial charge in [0.2, 0.25) is 0 Å². The van der Waals surface area contributed by atoms with Crippen LogP contribution >= 0.6 is 0 Å². The van der Waals surface area contributed by atoms with Crippen LogP contribution in [0, 0.1) is 0 Å². The number of phenolic OH excluding ortho intramolecular Hbond substituents is 1. The molecule has 4 nitrogen and oxygen atoms in total. The monoisotopic (exact) mass is 265 g/mol. The molecular weight excluding hydrogens is 242 g/mol. The van der Waals surface area contributed by atoms with Crippen molar-refractivity contribution in [2.45, 2.75) is 45.6 Å². The number of methoxy groups -OCH3 is 1. The summed E-state index contributed by atoms with van der Waals surface area (Å²) < 4.78 is 5.00. The van der Waals surface area contributed by atoms with Crippen molar-refractivity contribution < 1.29 is 14.6 Å². The third-order valence-electron chi connectivity index (χ3n) is 3.06. The second-order valence-electron chi connectivity index (χ2n) is 4.63. The Balaban J connectivity index is 2.76. The highest BCUT2D eigenvalue weighted by atomic mass is 16.5. The number of aromatic hydroxyl groups is 1. The molecule has 19 heavy (non-hydrogen) atoms. The highest BCUT2D eigenvalue weighted by Crippen LogP contribution is 2.23. The van der Waals surface area contributed by atoms with E-state index in [-0.39, 0.29) is 23.3 Å². The predicted molar refractivity (Wildman–Crippen MR) is 75.7 cm³/mol. The predicted octanol–water partition coefficient (Wildman–Crippen LogP) is 3.10. The summed E-state index contributed by atoms with van der Waals surface area (Å²) in [6.07, 6.45) is 3.96. The average molecular weight is 265 g/mol. The van der Waals surface area contributed by atoms with Gasteiger partial charge in [-0.3, -0.25) is 4.79 Å². The Morgan fingerprint density at radius 3 is 2.42 bits per heavy atom. The van der Waals surface area contributed by atoms with E-state index in [1.54, 1.807) is 12.1 Å². The maximum Gasteiger partial charge on any atom is 0.255 e. The van der Waals surface area contributed by atoms with Gasteiger partial charge in [-0.2, -0.15) is 0 Å². The standard InChI is InChI=1S/C15H23NO3/c1-4-6-11(7-5-2)16-15(18)13-9-8-12(19-3)10-14(13)17/h8-11,17H,4-7H2,1-3H3,(H,16,18). The van der Waals surface area contributed by atoms with Crippen LogP contribution in [0.5, 0.6) is 11.5 Å². The zero-order valence-electron chi connectivity index (χ0n) is 11.9. The molecule has 1 aromatic rings. The van der Waals surface area contributed by atoms with Crippen LogP contribution in [-0.2, 0) is 0 Å². The number of phenols is 1. The number of nitrogens with one attached hydrogen (secondary N) is 1. The zero-order valence-corrected chi connectivity index (χ0v) is 11.9. The normalized spacial score (nSPS) is 10.5. The van der Waals surface area contributed by atoms with Crippen LogP contribution in [0.25, 0.3) is 0 Å². The average Bonchev–Trinajstić information content (AvgIpc) is 2.38. The molecule has 0 fully saturated rings. The van der Waals surface area contributed by atoms with E-state index in [0.29, 0.717) is 5.75 Å². The number of amides is 1. The van der Waals surface area contributed by atoms with E-state index >= 15 is 0 Å². The van der Waals surface area contributed by atoms with Crippen molar-refractivity contribution in [1.29, 1.82) is 0 Å². The van der Waals surface area contributed by atoms with E-state index in [9.17, 15) is 9.90 Å². The minimum atomic E-state index is -0.230. The maximum atomic E-state index is 12.1. The molecule has 4 heteroatoms. The van der Waals surface area contributed by atoms with E-state index < -0.39 is 0 Å². The van der Waals surface area contributed by atoms with Crippen molar-refractivity contribution in [3.05, 3.63) is 23.8 Å². The molecule has 0 bridgehead atoms.